The number of H-pyrrole nitrogens is 1. The fraction of sp³-hybridized carbons (Fsp3) is 0.222. The van der Waals surface area contributed by atoms with Crippen LogP contribution in [0.15, 0.2) is 18.2 Å². The third kappa shape index (κ3) is 2.98. The molecular weight excluding hydrogens is 256 g/mol. The lowest BCUT2D eigenvalue weighted by Crippen LogP contribution is -2.06. The Morgan fingerprint density at radius 1 is 1.40 bits per heavy atom. The van der Waals surface area contributed by atoms with Crippen molar-refractivity contribution in [1.29, 1.82) is 0 Å². The highest BCUT2D eigenvalue weighted by Crippen LogP contribution is 2.18. The molecule has 3 nitrogen and oxygen atoms in total. The smallest absolute Gasteiger partial charge is 0.123 e. The Kier molecular flexibility index (Phi) is 5.38. The van der Waals surface area contributed by atoms with Gasteiger partial charge in [0.05, 0.1) is 17.1 Å². The molecule has 0 unspecified atom stereocenters. The number of hydrogen-bond acceptors (Lipinski definition) is 2. The number of rotatable bonds is 1. The highest BCUT2D eigenvalue weighted by molar-refractivity contribution is 6.31. The molecule has 15 heavy (non-hydrogen) atoms. The molecule has 0 amide bonds. The van der Waals surface area contributed by atoms with Gasteiger partial charge >= 0.3 is 0 Å². The van der Waals surface area contributed by atoms with E-state index in [4.69, 9.17) is 17.3 Å². The summed E-state index contributed by atoms with van der Waals surface area (Å²) >= 11 is 5.82. The lowest BCUT2D eigenvalue weighted by Gasteiger charge is -1.96. The number of aromatic nitrogens is 2. The molecule has 3 N–H and O–H groups in total. The third-order valence-electron chi connectivity index (χ3n) is 1.89. The first-order valence-electron chi connectivity index (χ1n) is 4.07. The number of imidazole rings is 1. The third-order valence-corrected chi connectivity index (χ3v) is 2.13. The van der Waals surface area contributed by atoms with Crippen LogP contribution in [0.5, 0.6) is 0 Å². The van der Waals surface area contributed by atoms with Gasteiger partial charge in [0.15, 0.2) is 0 Å². The van der Waals surface area contributed by atoms with Crippen LogP contribution in [0, 0.1) is 0 Å². The summed E-state index contributed by atoms with van der Waals surface area (Å²) in [5, 5.41) is 0.690. The number of hydrogen-bond donors (Lipinski definition) is 2. The van der Waals surface area contributed by atoms with Crippen LogP contribution < -0.4 is 5.73 Å². The Morgan fingerprint density at radius 2 is 2.07 bits per heavy atom. The molecule has 84 valence electrons. The molecule has 2 rings (SSSR count). The van der Waals surface area contributed by atoms with Gasteiger partial charge in [-0.1, -0.05) is 11.6 Å². The monoisotopic (exact) mass is 267 g/mol. The SMILES string of the molecule is C[C@H](N)c1nc2cc(Cl)ccc2[nH]1.Cl.Cl. The van der Waals surface area contributed by atoms with Gasteiger partial charge in [0, 0.05) is 5.02 Å². The van der Waals surface area contributed by atoms with E-state index in [0.29, 0.717) is 5.02 Å². The summed E-state index contributed by atoms with van der Waals surface area (Å²) in [7, 11) is 0. The van der Waals surface area contributed by atoms with E-state index >= 15 is 0 Å². The molecule has 0 spiro atoms. The second-order valence-corrected chi connectivity index (χ2v) is 3.51. The zero-order valence-electron chi connectivity index (χ0n) is 8.03. The van der Waals surface area contributed by atoms with Crippen LogP contribution in [0.3, 0.4) is 0 Å². The average molecular weight is 269 g/mol. The first-order valence-corrected chi connectivity index (χ1v) is 4.45. The fourth-order valence-corrected chi connectivity index (χ4v) is 1.38. The number of nitrogens with two attached hydrogens (primary N) is 1. The minimum atomic E-state index is -0.0776. The van der Waals surface area contributed by atoms with E-state index in [2.05, 4.69) is 9.97 Å². The zero-order valence-corrected chi connectivity index (χ0v) is 10.4. The van der Waals surface area contributed by atoms with Crippen LogP contribution >= 0.6 is 36.4 Å². The van der Waals surface area contributed by atoms with Crippen molar-refractivity contribution in [3.63, 3.8) is 0 Å². The van der Waals surface area contributed by atoms with Gasteiger partial charge in [0.25, 0.3) is 0 Å². The Bertz CT molecular complexity index is 439. The van der Waals surface area contributed by atoms with Crippen molar-refractivity contribution >= 4 is 47.4 Å². The summed E-state index contributed by atoms with van der Waals surface area (Å²) in [5.74, 6) is 0.789. The van der Waals surface area contributed by atoms with Crippen LogP contribution in [0.4, 0.5) is 0 Å². The molecule has 0 fully saturated rings. The van der Waals surface area contributed by atoms with Gasteiger partial charge in [0.1, 0.15) is 5.82 Å². The second-order valence-electron chi connectivity index (χ2n) is 3.07. The summed E-state index contributed by atoms with van der Waals surface area (Å²) in [4.78, 5) is 7.44. The lowest BCUT2D eigenvalue weighted by molar-refractivity contribution is 0.760. The van der Waals surface area contributed by atoms with E-state index in [1.807, 2.05) is 25.1 Å². The van der Waals surface area contributed by atoms with Crippen molar-refractivity contribution in [3.05, 3.63) is 29.0 Å². The summed E-state index contributed by atoms with van der Waals surface area (Å²) < 4.78 is 0. The quantitative estimate of drug-likeness (QED) is 0.835. The van der Waals surface area contributed by atoms with Crippen LogP contribution in [0.2, 0.25) is 5.02 Å². The number of aromatic amines is 1. The van der Waals surface area contributed by atoms with E-state index in [9.17, 15) is 0 Å². The number of nitrogens with zero attached hydrogens (tertiary/aromatic N) is 1. The van der Waals surface area contributed by atoms with Gasteiger partial charge in [-0.25, -0.2) is 4.98 Å². The minimum absolute atomic E-state index is 0. The van der Waals surface area contributed by atoms with E-state index < -0.39 is 0 Å². The van der Waals surface area contributed by atoms with Crippen molar-refractivity contribution in [2.45, 2.75) is 13.0 Å². The molecule has 0 aliphatic heterocycles. The summed E-state index contributed by atoms with van der Waals surface area (Å²) in [6, 6.07) is 5.47. The van der Waals surface area contributed by atoms with E-state index in [1.165, 1.54) is 0 Å². The van der Waals surface area contributed by atoms with Gasteiger partial charge in [-0.15, -0.1) is 24.8 Å². The largest absolute Gasteiger partial charge is 0.341 e. The maximum atomic E-state index is 5.82. The normalized spacial score (nSPS) is 11.7. The molecule has 1 aromatic carbocycles. The van der Waals surface area contributed by atoms with Gasteiger partial charge in [0.2, 0.25) is 0 Å². The van der Waals surface area contributed by atoms with Gasteiger partial charge in [-0.3, -0.25) is 0 Å². The van der Waals surface area contributed by atoms with E-state index in [1.54, 1.807) is 0 Å². The predicted octanol–water partition coefficient (Wildman–Crippen LogP) is 3.08. The average Bonchev–Trinajstić information content (AvgIpc) is 2.46. The number of fused-ring (bicyclic) bond motifs is 1. The van der Waals surface area contributed by atoms with Crippen molar-refractivity contribution in [2.75, 3.05) is 0 Å². The molecular formula is C9H12Cl3N3. The van der Waals surface area contributed by atoms with Gasteiger partial charge in [-0.2, -0.15) is 0 Å². The van der Waals surface area contributed by atoms with Crippen LogP contribution in [0.1, 0.15) is 18.8 Å². The maximum absolute atomic E-state index is 5.82. The second kappa shape index (κ2) is 5.56. The molecule has 0 aliphatic carbocycles. The molecule has 0 saturated heterocycles. The topological polar surface area (TPSA) is 54.7 Å². The number of nitrogens with one attached hydrogen (secondary N) is 1. The Balaban J connectivity index is 0.000000980. The predicted molar refractivity (Wildman–Crippen MR) is 68.2 cm³/mol. The van der Waals surface area contributed by atoms with E-state index in [-0.39, 0.29) is 30.9 Å². The molecule has 6 heteroatoms. The lowest BCUT2D eigenvalue weighted by atomic mass is 10.3. The van der Waals surface area contributed by atoms with Crippen molar-refractivity contribution in [3.8, 4) is 0 Å². The highest BCUT2D eigenvalue weighted by Gasteiger charge is 2.05. The van der Waals surface area contributed by atoms with Crippen molar-refractivity contribution in [2.24, 2.45) is 5.73 Å². The standard InChI is InChI=1S/C9H10ClN3.2ClH/c1-5(11)9-12-7-3-2-6(10)4-8(7)13-9;;/h2-5H,11H2,1H3,(H,12,13);2*1H/t5-;;/m0../s1. The molecule has 0 saturated carbocycles. The summed E-state index contributed by atoms with van der Waals surface area (Å²) in [6.45, 7) is 1.89. The molecule has 1 aromatic heterocycles. The number of benzene rings is 1. The minimum Gasteiger partial charge on any atom is -0.341 e. The molecule has 0 bridgehead atoms. The summed E-state index contributed by atoms with van der Waals surface area (Å²) in [5.41, 5.74) is 7.52. The first kappa shape index (κ1) is 14.5. The van der Waals surface area contributed by atoms with Crippen molar-refractivity contribution < 1.29 is 0 Å². The molecule has 0 aliphatic rings. The summed E-state index contributed by atoms with van der Waals surface area (Å²) in [6.07, 6.45) is 0. The fourth-order valence-electron chi connectivity index (χ4n) is 1.21. The van der Waals surface area contributed by atoms with Crippen molar-refractivity contribution in [1.82, 2.24) is 9.97 Å². The molecule has 1 heterocycles. The first-order chi connectivity index (χ1) is 6.16. The highest BCUT2D eigenvalue weighted by atomic mass is 35.5. The van der Waals surface area contributed by atoms with Crippen LogP contribution in [-0.4, -0.2) is 9.97 Å². The molecule has 2 aromatic rings. The maximum Gasteiger partial charge on any atom is 0.123 e. The Hall–Kier alpha value is -0.480. The zero-order chi connectivity index (χ0) is 9.42. The van der Waals surface area contributed by atoms with E-state index in [0.717, 1.165) is 16.9 Å². The van der Waals surface area contributed by atoms with Crippen LogP contribution in [0.25, 0.3) is 11.0 Å². The number of halogens is 3. The Morgan fingerprint density at radius 3 is 2.67 bits per heavy atom. The van der Waals surface area contributed by atoms with Crippen LogP contribution in [-0.2, 0) is 0 Å². The molecule has 1 atom stereocenters. The Labute approximate surface area is 105 Å². The van der Waals surface area contributed by atoms with Gasteiger partial charge < -0.3 is 10.7 Å². The molecule has 0 radical (unpaired) electrons. The van der Waals surface area contributed by atoms with Gasteiger partial charge in [-0.05, 0) is 25.1 Å².